The van der Waals surface area contributed by atoms with Crippen molar-refractivity contribution in [2.75, 3.05) is 7.05 Å². The van der Waals surface area contributed by atoms with E-state index in [1.54, 1.807) is 30.3 Å². The third-order valence-electron chi connectivity index (χ3n) is 3.42. The first kappa shape index (κ1) is 28.4. The molecule has 1 unspecified atom stereocenters. The zero-order chi connectivity index (χ0) is 18.3. The summed E-state index contributed by atoms with van der Waals surface area (Å²) >= 11 is 0. The monoisotopic (exact) mass is 400 g/mol. The molecule has 134 valence electrons. The molecular weight excluding hydrogens is 377 g/mol. The van der Waals surface area contributed by atoms with Gasteiger partial charge in [0, 0.05) is 64.7 Å². The number of nitrogens with one attached hydrogen (secondary N) is 2. The number of carboxylic acids is 1. The molecule has 1 rings (SSSR count). The van der Waals surface area contributed by atoms with E-state index >= 15 is 0 Å². The average molecular weight is 400 g/mol. The molecule has 10 heteroatoms. The summed E-state index contributed by atoms with van der Waals surface area (Å²) in [5, 5.41) is 14.4. The third-order valence-corrected chi connectivity index (χ3v) is 4.35. The number of carbonyl (C=O) groups excluding carboxylic acids is 1. The van der Waals surface area contributed by atoms with Crippen LogP contribution in [0.1, 0.15) is 25.8 Å². The van der Waals surface area contributed by atoms with Gasteiger partial charge >= 0.3 is 5.97 Å². The fourth-order valence-electron chi connectivity index (χ4n) is 2.34. The van der Waals surface area contributed by atoms with E-state index in [1.165, 1.54) is 7.05 Å². The largest absolute Gasteiger partial charge is 0.603 e. The molecule has 0 saturated heterocycles. The molecule has 1 aromatic rings. The van der Waals surface area contributed by atoms with Gasteiger partial charge in [0.05, 0.1) is 0 Å². The van der Waals surface area contributed by atoms with Gasteiger partial charge in [0.1, 0.15) is 6.04 Å². The van der Waals surface area contributed by atoms with Crippen molar-refractivity contribution in [2.24, 2.45) is 5.92 Å². The summed E-state index contributed by atoms with van der Waals surface area (Å²) in [4.78, 5) is 45.2. The fraction of sp³-hybridized carbons (Fsp3) is 0.438. The second-order valence-corrected chi connectivity index (χ2v) is 6.80. The minimum atomic E-state index is -2.78. The van der Waals surface area contributed by atoms with Crippen molar-refractivity contribution in [3.8, 4) is 0 Å². The molecule has 1 amide bonds. The van der Waals surface area contributed by atoms with Gasteiger partial charge in [-0.2, -0.15) is 4.89 Å². The van der Waals surface area contributed by atoms with E-state index in [1.807, 2.05) is 13.8 Å². The first-order valence-corrected chi connectivity index (χ1v) is 8.78. The molecule has 7 nitrogen and oxygen atoms in total. The van der Waals surface area contributed by atoms with Gasteiger partial charge in [-0.3, -0.25) is 4.79 Å². The van der Waals surface area contributed by atoms with Crippen LogP contribution in [0, 0.1) is 5.92 Å². The Balaban J connectivity index is 0. The number of carboxylic acid groups (broad SMARTS) is 1. The maximum atomic E-state index is 12.5. The molecule has 0 aliphatic carbocycles. The van der Waals surface area contributed by atoms with Crippen LogP contribution in [-0.4, -0.2) is 105 Å². The van der Waals surface area contributed by atoms with E-state index in [-0.39, 0.29) is 76.7 Å². The zero-order valence-corrected chi connectivity index (χ0v) is 20.8. The fourth-order valence-corrected chi connectivity index (χ4v) is 3.17. The predicted molar refractivity (Wildman–Crippen MR) is 103 cm³/mol. The van der Waals surface area contributed by atoms with Gasteiger partial charge < -0.3 is 20.6 Å². The standard InChI is InChI=1S/C16H23N2O5P.2Na/c1-10(2)9-12(16(20)21)18-15(19)13(17-3)14(24(22)23)11-7-5-4-6-8-11;;/h4-8,10,12-13,17H,9H2,1-3H3,(H,18,19)(H,20,21)(H,22,23);;/t12-,13-;;/m0../s1. The number of likely N-dealkylation sites (N-methyl/N-ethyl adjacent to an activating group) is 1. The maximum Gasteiger partial charge on any atom is 0.326 e. The number of amides is 1. The third kappa shape index (κ3) is 8.93. The summed E-state index contributed by atoms with van der Waals surface area (Å²) in [6.45, 7) is 3.70. The number of hydrogen-bond acceptors (Lipinski definition) is 5. The molecule has 0 aromatic heterocycles. The van der Waals surface area contributed by atoms with Crippen LogP contribution in [0.3, 0.4) is 0 Å². The molecule has 2 radical (unpaired) electrons. The molecule has 0 fully saturated rings. The van der Waals surface area contributed by atoms with Gasteiger partial charge in [-0.1, -0.05) is 44.2 Å². The van der Waals surface area contributed by atoms with Crippen LogP contribution in [0.2, 0.25) is 0 Å². The van der Waals surface area contributed by atoms with Crippen LogP contribution in [0.5, 0.6) is 0 Å². The molecule has 0 saturated carbocycles. The first-order valence-electron chi connectivity index (χ1n) is 7.56. The number of carbonyl (C=O) groups is 2. The zero-order valence-electron chi connectivity index (χ0n) is 15.9. The van der Waals surface area contributed by atoms with Gasteiger partial charge in [-0.25, -0.2) is 4.79 Å². The molecular formula is C16H23N2Na2O5P. The quantitative estimate of drug-likeness (QED) is 0.339. The Morgan fingerprint density at radius 2 is 1.73 bits per heavy atom. The van der Waals surface area contributed by atoms with Gasteiger partial charge in [-0.15, -0.1) is 0 Å². The van der Waals surface area contributed by atoms with Crippen LogP contribution < -0.4 is 15.5 Å². The topological polar surface area (TPSA) is 122 Å². The Kier molecular flexibility index (Phi) is 15.6. The number of aliphatic carboxylic acids is 1. The number of benzene rings is 1. The molecule has 4 N–H and O–H groups in total. The number of rotatable bonds is 8. The Morgan fingerprint density at radius 3 is 2.12 bits per heavy atom. The second-order valence-electron chi connectivity index (χ2n) is 5.77. The van der Waals surface area contributed by atoms with E-state index < -0.39 is 32.0 Å². The van der Waals surface area contributed by atoms with Crippen molar-refractivity contribution >= 4 is 84.3 Å². The molecule has 3 atom stereocenters. The summed E-state index contributed by atoms with van der Waals surface area (Å²) in [5.41, 5.74) is 0.450. The SMILES string of the molecule is CN[C@H](C(=O)N[C@@H](CC(C)C)C(=O)O)/C(c1ccccc1)=[P+](/[O-])O.[Na].[Na]. The van der Waals surface area contributed by atoms with E-state index in [9.17, 15) is 24.5 Å². The Bertz CT molecular complexity index is 610. The van der Waals surface area contributed by atoms with Crippen LogP contribution in [-0.2, 0) is 9.59 Å². The minimum Gasteiger partial charge on any atom is -0.603 e. The summed E-state index contributed by atoms with van der Waals surface area (Å²) in [6, 6.07) is 6.23. The Labute approximate surface area is 199 Å². The van der Waals surface area contributed by atoms with Gasteiger partial charge in [0.15, 0.2) is 11.3 Å². The van der Waals surface area contributed by atoms with E-state index in [0.29, 0.717) is 5.56 Å². The molecule has 0 aliphatic heterocycles. The minimum absolute atomic E-state index is 0. The van der Waals surface area contributed by atoms with Crippen LogP contribution in [0.25, 0.3) is 0 Å². The van der Waals surface area contributed by atoms with Crippen molar-refractivity contribution in [3.63, 3.8) is 0 Å². The summed E-state index contributed by atoms with van der Waals surface area (Å²) in [6.07, 6.45) is 0.267. The summed E-state index contributed by atoms with van der Waals surface area (Å²) in [5.74, 6) is -1.71. The van der Waals surface area contributed by atoms with Gasteiger partial charge in [0.2, 0.25) is 13.9 Å². The second kappa shape index (κ2) is 14.2. The summed E-state index contributed by atoms with van der Waals surface area (Å²) in [7, 11) is -1.30. The van der Waals surface area contributed by atoms with E-state index in [2.05, 4.69) is 10.6 Å². The van der Waals surface area contributed by atoms with Crippen molar-refractivity contribution in [2.45, 2.75) is 32.4 Å². The van der Waals surface area contributed by atoms with E-state index in [0.717, 1.165) is 0 Å². The van der Waals surface area contributed by atoms with Crippen molar-refractivity contribution < 1.29 is 24.5 Å². The van der Waals surface area contributed by atoms with E-state index in [4.69, 9.17) is 0 Å². The predicted octanol–water partition coefficient (Wildman–Crippen LogP) is -0.686. The van der Waals surface area contributed by atoms with Crippen LogP contribution in [0.15, 0.2) is 30.3 Å². The molecule has 0 bridgehead atoms. The Morgan fingerprint density at radius 1 is 1.19 bits per heavy atom. The van der Waals surface area contributed by atoms with Gasteiger partial charge in [0.25, 0.3) is 0 Å². The average Bonchev–Trinajstić information content (AvgIpc) is 2.51. The maximum absolute atomic E-state index is 12.5. The Hall–Kier alpha value is 0.210. The van der Waals surface area contributed by atoms with Crippen LogP contribution in [0.4, 0.5) is 0 Å². The first-order chi connectivity index (χ1) is 11.3. The molecule has 26 heavy (non-hydrogen) atoms. The van der Waals surface area contributed by atoms with Crippen molar-refractivity contribution in [3.05, 3.63) is 35.9 Å². The number of hydrogen-bond donors (Lipinski definition) is 4. The summed E-state index contributed by atoms with van der Waals surface area (Å²) < 4.78 is 0. The smallest absolute Gasteiger partial charge is 0.326 e. The van der Waals surface area contributed by atoms with Crippen LogP contribution >= 0.6 is 8.00 Å². The van der Waals surface area contributed by atoms with Gasteiger partial charge in [-0.05, 0) is 19.4 Å². The molecule has 0 heterocycles. The normalized spacial score (nSPS) is 13.6. The molecule has 0 aliphatic rings. The molecule has 1 aromatic carbocycles. The van der Waals surface area contributed by atoms with Crippen molar-refractivity contribution in [1.29, 1.82) is 0 Å². The van der Waals surface area contributed by atoms with Crippen molar-refractivity contribution in [1.82, 2.24) is 10.6 Å². The molecule has 0 spiro atoms.